The maximum absolute atomic E-state index is 11.3. The second-order valence-electron chi connectivity index (χ2n) is 3.33. The van der Waals surface area contributed by atoms with Gasteiger partial charge in [0.15, 0.2) is 5.78 Å². The van der Waals surface area contributed by atoms with Crippen LogP contribution in [0.3, 0.4) is 0 Å². The highest BCUT2D eigenvalue weighted by molar-refractivity contribution is 5.89. The van der Waals surface area contributed by atoms with Crippen LogP contribution in [-0.4, -0.2) is 11.3 Å². The zero-order chi connectivity index (χ0) is 9.07. The van der Waals surface area contributed by atoms with E-state index in [-0.39, 0.29) is 5.78 Å². The van der Waals surface area contributed by atoms with E-state index in [1.165, 1.54) is 0 Å². The first kappa shape index (κ1) is 10.4. The molecule has 0 amide bonds. The van der Waals surface area contributed by atoms with E-state index in [1.54, 1.807) is 6.92 Å². The van der Waals surface area contributed by atoms with Gasteiger partial charge in [0.05, 0.1) is 5.54 Å². The van der Waals surface area contributed by atoms with Crippen molar-refractivity contribution in [3.63, 3.8) is 0 Å². The fraction of sp³-hybridized carbons (Fsp3) is 0.667. The number of carbonyl (C=O) groups is 1. The first-order valence-electron chi connectivity index (χ1n) is 3.86. The molecule has 2 nitrogen and oxygen atoms in total. The lowest BCUT2D eigenvalue weighted by Gasteiger charge is -2.20. The summed E-state index contributed by atoms with van der Waals surface area (Å²) in [6, 6.07) is 0. The van der Waals surface area contributed by atoms with Crippen LogP contribution in [0.1, 0.15) is 33.6 Å². The van der Waals surface area contributed by atoms with Crippen LogP contribution in [0.4, 0.5) is 0 Å². The average Bonchev–Trinajstić information content (AvgIpc) is 1.86. The number of allylic oxidation sites excluding steroid dienone is 1. The summed E-state index contributed by atoms with van der Waals surface area (Å²) in [7, 11) is 0. The van der Waals surface area contributed by atoms with Crippen molar-refractivity contribution in [3.05, 3.63) is 12.2 Å². The average molecular weight is 155 g/mol. The number of hydrogen-bond acceptors (Lipinski definition) is 2. The Morgan fingerprint density at radius 3 is 2.36 bits per heavy atom. The summed E-state index contributed by atoms with van der Waals surface area (Å²) in [4.78, 5) is 11.3. The predicted molar refractivity (Wildman–Crippen MR) is 47.3 cm³/mol. The second kappa shape index (κ2) is 3.67. The van der Waals surface area contributed by atoms with E-state index in [2.05, 4.69) is 6.58 Å². The molecule has 0 aromatic carbocycles. The zero-order valence-corrected chi connectivity index (χ0v) is 7.61. The minimum absolute atomic E-state index is 0.0764. The van der Waals surface area contributed by atoms with E-state index in [0.29, 0.717) is 12.8 Å². The molecule has 0 saturated heterocycles. The van der Waals surface area contributed by atoms with E-state index in [9.17, 15) is 4.79 Å². The fourth-order valence-electron chi connectivity index (χ4n) is 0.673. The summed E-state index contributed by atoms with van der Waals surface area (Å²) in [5.41, 5.74) is 5.92. The van der Waals surface area contributed by atoms with Crippen molar-refractivity contribution < 1.29 is 4.79 Å². The maximum Gasteiger partial charge on any atom is 0.156 e. The number of hydrogen-bond donors (Lipinski definition) is 1. The molecule has 0 aromatic rings. The molecule has 0 rings (SSSR count). The SMILES string of the molecule is C=C(C)CC(=O)C(C)(N)CC. The monoisotopic (exact) mass is 155 g/mol. The van der Waals surface area contributed by atoms with Crippen LogP contribution in [0.25, 0.3) is 0 Å². The highest BCUT2D eigenvalue weighted by Gasteiger charge is 2.24. The van der Waals surface area contributed by atoms with Gasteiger partial charge in [-0.3, -0.25) is 4.79 Å². The number of Topliss-reactive ketones (excluding diaryl/α,β-unsaturated/α-hetero) is 1. The Hall–Kier alpha value is -0.630. The lowest BCUT2D eigenvalue weighted by molar-refractivity contribution is -0.123. The Kier molecular flexibility index (Phi) is 3.46. The minimum atomic E-state index is -0.668. The van der Waals surface area contributed by atoms with Crippen LogP contribution in [0.2, 0.25) is 0 Å². The van der Waals surface area contributed by atoms with Crippen LogP contribution >= 0.6 is 0 Å². The quantitative estimate of drug-likeness (QED) is 0.627. The highest BCUT2D eigenvalue weighted by Crippen LogP contribution is 2.11. The molecule has 2 heteroatoms. The van der Waals surface area contributed by atoms with Gasteiger partial charge in [-0.1, -0.05) is 19.1 Å². The molecule has 1 unspecified atom stereocenters. The third-order valence-corrected chi connectivity index (χ3v) is 1.83. The molecular formula is C9H17NO. The zero-order valence-electron chi connectivity index (χ0n) is 7.61. The first-order valence-corrected chi connectivity index (χ1v) is 3.86. The smallest absolute Gasteiger partial charge is 0.156 e. The standard InChI is InChI=1S/C9H17NO/c1-5-9(4,10)8(11)6-7(2)3/h2,5-6,10H2,1,3-4H3. The normalized spacial score (nSPS) is 15.6. The Labute approximate surface area is 68.5 Å². The van der Waals surface area contributed by atoms with Crippen molar-refractivity contribution in [2.24, 2.45) is 5.73 Å². The topological polar surface area (TPSA) is 43.1 Å². The molecule has 0 heterocycles. The second-order valence-corrected chi connectivity index (χ2v) is 3.33. The minimum Gasteiger partial charge on any atom is -0.319 e. The molecular weight excluding hydrogens is 138 g/mol. The van der Waals surface area contributed by atoms with E-state index >= 15 is 0 Å². The van der Waals surface area contributed by atoms with Gasteiger partial charge in [0.1, 0.15) is 0 Å². The third-order valence-electron chi connectivity index (χ3n) is 1.83. The summed E-state index contributed by atoms with van der Waals surface area (Å²) >= 11 is 0. The van der Waals surface area contributed by atoms with Gasteiger partial charge in [-0.05, 0) is 20.3 Å². The Morgan fingerprint density at radius 2 is 2.09 bits per heavy atom. The van der Waals surface area contributed by atoms with Gasteiger partial charge < -0.3 is 5.73 Å². The van der Waals surface area contributed by atoms with Crippen LogP contribution in [0.15, 0.2) is 12.2 Å². The van der Waals surface area contributed by atoms with Crippen LogP contribution < -0.4 is 5.73 Å². The molecule has 0 aliphatic rings. The Balaban J connectivity index is 4.13. The van der Waals surface area contributed by atoms with Gasteiger partial charge in [-0.2, -0.15) is 0 Å². The van der Waals surface area contributed by atoms with Crippen molar-refractivity contribution >= 4 is 5.78 Å². The number of carbonyl (C=O) groups excluding carboxylic acids is 1. The van der Waals surface area contributed by atoms with Gasteiger partial charge in [0.25, 0.3) is 0 Å². The predicted octanol–water partition coefficient (Wildman–Crippen LogP) is 1.65. The molecule has 0 fully saturated rings. The van der Waals surface area contributed by atoms with Crippen molar-refractivity contribution in [3.8, 4) is 0 Å². The summed E-state index contributed by atoms with van der Waals surface area (Å²) in [5.74, 6) is 0.0764. The summed E-state index contributed by atoms with van der Waals surface area (Å²) < 4.78 is 0. The van der Waals surface area contributed by atoms with Gasteiger partial charge in [-0.15, -0.1) is 0 Å². The molecule has 0 saturated carbocycles. The van der Waals surface area contributed by atoms with E-state index in [0.717, 1.165) is 5.57 Å². The van der Waals surface area contributed by atoms with Crippen molar-refractivity contribution in [2.75, 3.05) is 0 Å². The van der Waals surface area contributed by atoms with E-state index in [1.807, 2.05) is 13.8 Å². The van der Waals surface area contributed by atoms with Crippen LogP contribution in [0, 0.1) is 0 Å². The summed E-state index contributed by atoms with van der Waals surface area (Å²) in [6.07, 6.45) is 1.08. The molecule has 2 N–H and O–H groups in total. The molecule has 0 radical (unpaired) electrons. The van der Waals surface area contributed by atoms with Crippen LogP contribution in [-0.2, 0) is 4.79 Å². The molecule has 64 valence electrons. The first-order chi connectivity index (χ1) is 4.90. The molecule has 0 aromatic heterocycles. The molecule has 1 atom stereocenters. The van der Waals surface area contributed by atoms with Crippen LogP contribution in [0.5, 0.6) is 0 Å². The third kappa shape index (κ3) is 3.33. The van der Waals surface area contributed by atoms with E-state index in [4.69, 9.17) is 5.73 Å². The largest absolute Gasteiger partial charge is 0.319 e. The Bertz CT molecular complexity index is 170. The number of nitrogens with two attached hydrogens (primary N) is 1. The molecule has 0 aliphatic heterocycles. The lowest BCUT2D eigenvalue weighted by atomic mass is 9.91. The molecule has 11 heavy (non-hydrogen) atoms. The van der Waals surface area contributed by atoms with Crippen molar-refractivity contribution in [1.29, 1.82) is 0 Å². The van der Waals surface area contributed by atoms with Gasteiger partial charge >= 0.3 is 0 Å². The molecule has 0 spiro atoms. The highest BCUT2D eigenvalue weighted by atomic mass is 16.1. The Morgan fingerprint density at radius 1 is 1.64 bits per heavy atom. The maximum atomic E-state index is 11.3. The number of rotatable bonds is 4. The lowest BCUT2D eigenvalue weighted by Crippen LogP contribution is -2.44. The van der Waals surface area contributed by atoms with E-state index < -0.39 is 5.54 Å². The molecule has 0 aliphatic carbocycles. The van der Waals surface area contributed by atoms with Gasteiger partial charge in [0.2, 0.25) is 0 Å². The summed E-state index contributed by atoms with van der Waals surface area (Å²) in [5, 5.41) is 0. The van der Waals surface area contributed by atoms with Crippen molar-refractivity contribution in [2.45, 2.75) is 39.2 Å². The molecule has 0 bridgehead atoms. The number of ketones is 1. The van der Waals surface area contributed by atoms with Gasteiger partial charge in [-0.25, -0.2) is 0 Å². The van der Waals surface area contributed by atoms with Gasteiger partial charge in [0, 0.05) is 6.42 Å². The fourth-order valence-corrected chi connectivity index (χ4v) is 0.673. The summed E-state index contributed by atoms with van der Waals surface area (Å²) in [6.45, 7) is 9.18. The van der Waals surface area contributed by atoms with Crippen molar-refractivity contribution in [1.82, 2.24) is 0 Å².